The fraction of sp³-hybridized carbons (Fsp3) is 0.200. The van der Waals surface area contributed by atoms with Crippen LogP contribution in [0.2, 0.25) is 0 Å². The van der Waals surface area contributed by atoms with E-state index >= 15 is 0 Å². The molecule has 0 fully saturated rings. The van der Waals surface area contributed by atoms with E-state index in [2.05, 4.69) is 57.0 Å². The molecule has 2 heterocycles. The lowest BCUT2D eigenvalue weighted by Gasteiger charge is -2.09. The summed E-state index contributed by atoms with van der Waals surface area (Å²) < 4.78 is 2.09. The van der Waals surface area contributed by atoms with Gasteiger partial charge in [-0.15, -0.1) is 10.2 Å². The Bertz CT molecular complexity index is 1250. The molecular weight excluding hydrogens is 404 g/mol. The molecule has 0 unspecified atom stereocenters. The van der Waals surface area contributed by atoms with Crippen molar-refractivity contribution in [2.45, 2.75) is 31.5 Å². The van der Waals surface area contributed by atoms with Crippen LogP contribution >= 0.6 is 11.8 Å². The normalized spacial score (nSPS) is 11.9. The first kappa shape index (κ1) is 19.7. The van der Waals surface area contributed by atoms with Crippen molar-refractivity contribution in [3.05, 3.63) is 83.7 Å². The molecule has 6 heteroatoms. The van der Waals surface area contributed by atoms with Gasteiger partial charge in [0.15, 0.2) is 16.8 Å². The fourth-order valence-corrected chi connectivity index (χ4v) is 4.90. The van der Waals surface area contributed by atoms with Gasteiger partial charge in [-0.3, -0.25) is 9.78 Å². The van der Waals surface area contributed by atoms with E-state index in [1.807, 2.05) is 24.3 Å². The van der Waals surface area contributed by atoms with Gasteiger partial charge in [-0.2, -0.15) is 0 Å². The lowest BCUT2D eigenvalue weighted by Crippen LogP contribution is -2.06. The number of hydrogen-bond acceptors (Lipinski definition) is 5. The van der Waals surface area contributed by atoms with Crippen LogP contribution < -0.4 is 0 Å². The number of aromatic nitrogens is 4. The predicted octanol–water partition coefficient (Wildman–Crippen LogP) is 5.30. The highest BCUT2D eigenvalue weighted by Crippen LogP contribution is 2.37. The van der Waals surface area contributed by atoms with E-state index in [0.717, 1.165) is 41.5 Å². The summed E-state index contributed by atoms with van der Waals surface area (Å²) in [4.78, 5) is 17.1. The SMILES string of the molecule is CCCn1c(SCC(=O)c2ccc3c(c2)-c2ccccc2C3)nnc1-c1ccncc1. The molecule has 0 spiro atoms. The van der Waals surface area contributed by atoms with Gasteiger partial charge in [-0.05, 0) is 53.3 Å². The molecule has 5 nitrogen and oxygen atoms in total. The third-order valence-corrected chi connectivity index (χ3v) is 6.52. The number of fused-ring (bicyclic) bond motifs is 3. The summed E-state index contributed by atoms with van der Waals surface area (Å²) in [5, 5.41) is 9.52. The van der Waals surface area contributed by atoms with Crippen LogP contribution in [0.1, 0.15) is 34.8 Å². The molecule has 0 saturated carbocycles. The zero-order chi connectivity index (χ0) is 21.2. The largest absolute Gasteiger partial charge is 0.302 e. The average molecular weight is 427 g/mol. The molecule has 0 bridgehead atoms. The number of carbonyl (C=O) groups is 1. The Kier molecular flexibility index (Phi) is 5.38. The van der Waals surface area contributed by atoms with Crippen LogP contribution in [0.4, 0.5) is 0 Å². The van der Waals surface area contributed by atoms with E-state index in [0.29, 0.717) is 5.75 Å². The Labute approximate surface area is 185 Å². The molecule has 0 amide bonds. The Morgan fingerprint density at radius 2 is 1.81 bits per heavy atom. The molecule has 0 N–H and O–H groups in total. The van der Waals surface area contributed by atoms with Gasteiger partial charge in [-0.1, -0.05) is 55.1 Å². The van der Waals surface area contributed by atoms with Crippen molar-refractivity contribution in [1.29, 1.82) is 0 Å². The second-order valence-corrected chi connectivity index (χ2v) is 8.55. The van der Waals surface area contributed by atoms with E-state index < -0.39 is 0 Å². The molecule has 5 rings (SSSR count). The van der Waals surface area contributed by atoms with Crippen molar-refractivity contribution < 1.29 is 4.79 Å². The molecule has 0 atom stereocenters. The second-order valence-electron chi connectivity index (χ2n) is 7.61. The number of Topliss-reactive ketones (excluding diaryl/α,β-unsaturated/α-hetero) is 1. The van der Waals surface area contributed by atoms with E-state index in [1.54, 1.807) is 12.4 Å². The molecule has 31 heavy (non-hydrogen) atoms. The monoisotopic (exact) mass is 426 g/mol. The molecule has 1 aliphatic carbocycles. The van der Waals surface area contributed by atoms with E-state index in [4.69, 9.17) is 0 Å². The van der Waals surface area contributed by atoms with Gasteiger partial charge in [0, 0.05) is 30.1 Å². The smallest absolute Gasteiger partial charge is 0.191 e. The van der Waals surface area contributed by atoms with Crippen LogP contribution in [0.15, 0.2) is 72.1 Å². The first-order valence-corrected chi connectivity index (χ1v) is 11.4. The zero-order valence-corrected chi connectivity index (χ0v) is 18.1. The van der Waals surface area contributed by atoms with Gasteiger partial charge >= 0.3 is 0 Å². The van der Waals surface area contributed by atoms with Gasteiger partial charge in [0.1, 0.15) is 0 Å². The third kappa shape index (κ3) is 3.79. The highest BCUT2D eigenvalue weighted by Gasteiger charge is 2.20. The number of carbonyl (C=O) groups excluding carboxylic acids is 1. The standard InChI is InChI=1S/C25H22N4OS/c1-2-13-29-24(17-9-11-26-12-10-17)27-28-25(29)31-16-23(30)20-8-7-19-14-18-5-3-4-6-21(18)22(19)15-20/h3-12,15H,2,13-14,16H2,1H3. The van der Waals surface area contributed by atoms with Gasteiger partial charge in [0.2, 0.25) is 0 Å². The van der Waals surface area contributed by atoms with Crippen LogP contribution in [-0.2, 0) is 13.0 Å². The number of pyridine rings is 1. The summed E-state index contributed by atoms with van der Waals surface area (Å²) in [6, 6.07) is 18.4. The molecule has 2 aromatic carbocycles. The minimum absolute atomic E-state index is 0.105. The number of ketones is 1. The van der Waals surface area contributed by atoms with E-state index in [-0.39, 0.29) is 5.78 Å². The second kappa shape index (κ2) is 8.47. The van der Waals surface area contributed by atoms with Gasteiger partial charge in [-0.25, -0.2) is 0 Å². The zero-order valence-electron chi connectivity index (χ0n) is 17.3. The third-order valence-electron chi connectivity index (χ3n) is 5.56. The Morgan fingerprint density at radius 3 is 2.65 bits per heavy atom. The molecule has 1 aliphatic rings. The fourth-order valence-electron chi connectivity index (χ4n) is 4.05. The van der Waals surface area contributed by atoms with Crippen LogP contribution in [0.3, 0.4) is 0 Å². The Balaban J connectivity index is 1.36. The Hall–Kier alpha value is -3.25. The Morgan fingerprint density at radius 1 is 1.00 bits per heavy atom. The first-order valence-electron chi connectivity index (χ1n) is 10.5. The van der Waals surface area contributed by atoms with Crippen molar-refractivity contribution in [2.24, 2.45) is 0 Å². The molecular formula is C25H22N4OS. The lowest BCUT2D eigenvalue weighted by molar-refractivity contribution is 0.102. The lowest BCUT2D eigenvalue weighted by atomic mass is 10.0. The molecule has 0 radical (unpaired) electrons. The van der Waals surface area contributed by atoms with Crippen molar-refractivity contribution in [1.82, 2.24) is 19.7 Å². The molecule has 4 aromatic rings. The van der Waals surface area contributed by atoms with Crippen LogP contribution in [0.25, 0.3) is 22.5 Å². The minimum atomic E-state index is 0.105. The number of thioether (sulfide) groups is 1. The first-order chi connectivity index (χ1) is 15.2. The highest BCUT2D eigenvalue weighted by molar-refractivity contribution is 7.99. The van der Waals surface area contributed by atoms with Crippen molar-refractivity contribution in [2.75, 3.05) is 5.75 Å². The summed E-state index contributed by atoms with van der Waals surface area (Å²) in [6.45, 7) is 2.93. The maximum Gasteiger partial charge on any atom is 0.191 e. The number of nitrogens with zero attached hydrogens (tertiary/aromatic N) is 4. The van der Waals surface area contributed by atoms with E-state index in [9.17, 15) is 4.79 Å². The van der Waals surface area contributed by atoms with Gasteiger partial charge < -0.3 is 4.57 Å². The van der Waals surface area contributed by atoms with Crippen molar-refractivity contribution >= 4 is 17.5 Å². The quantitative estimate of drug-likeness (QED) is 0.261. The summed E-state index contributed by atoms with van der Waals surface area (Å²) in [6.07, 6.45) is 5.40. The topological polar surface area (TPSA) is 60.7 Å². The molecule has 154 valence electrons. The van der Waals surface area contributed by atoms with Gasteiger partial charge in [0.25, 0.3) is 0 Å². The van der Waals surface area contributed by atoms with Gasteiger partial charge in [0.05, 0.1) is 5.75 Å². The highest BCUT2D eigenvalue weighted by atomic mass is 32.2. The summed E-state index contributed by atoms with van der Waals surface area (Å²) in [5.41, 5.74) is 6.76. The summed E-state index contributed by atoms with van der Waals surface area (Å²) >= 11 is 1.45. The van der Waals surface area contributed by atoms with Crippen LogP contribution in [0, 0.1) is 0 Å². The predicted molar refractivity (Wildman–Crippen MR) is 123 cm³/mol. The maximum absolute atomic E-state index is 13.0. The molecule has 0 saturated heterocycles. The molecule has 2 aromatic heterocycles. The van der Waals surface area contributed by atoms with Crippen LogP contribution in [0.5, 0.6) is 0 Å². The number of benzene rings is 2. The average Bonchev–Trinajstić information content (AvgIpc) is 3.39. The summed E-state index contributed by atoms with van der Waals surface area (Å²) in [5.74, 6) is 1.25. The minimum Gasteiger partial charge on any atom is -0.302 e. The van der Waals surface area contributed by atoms with Crippen LogP contribution in [-0.4, -0.2) is 31.3 Å². The van der Waals surface area contributed by atoms with E-state index in [1.165, 1.54) is 34.0 Å². The summed E-state index contributed by atoms with van der Waals surface area (Å²) in [7, 11) is 0. The number of hydrogen-bond donors (Lipinski definition) is 0. The van der Waals surface area contributed by atoms with Crippen molar-refractivity contribution in [3.8, 4) is 22.5 Å². The van der Waals surface area contributed by atoms with Crippen molar-refractivity contribution in [3.63, 3.8) is 0 Å². The molecule has 0 aliphatic heterocycles. The maximum atomic E-state index is 13.0. The number of rotatable bonds is 7.